The molecule has 0 radical (unpaired) electrons. The van der Waals surface area contributed by atoms with Gasteiger partial charge < -0.3 is 14.4 Å². The summed E-state index contributed by atoms with van der Waals surface area (Å²) in [6.07, 6.45) is 3.13. The molecule has 0 atom stereocenters. The van der Waals surface area contributed by atoms with E-state index < -0.39 is 0 Å². The van der Waals surface area contributed by atoms with Crippen LogP contribution in [0.3, 0.4) is 0 Å². The molecule has 1 amide bonds. The van der Waals surface area contributed by atoms with Crippen LogP contribution in [0.2, 0.25) is 0 Å². The van der Waals surface area contributed by atoms with Crippen molar-refractivity contribution in [1.29, 1.82) is 0 Å². The van der Waals surface area contributed by atoms with Gasteiger partial charge in [0.05, 0.1) is 14.2 Å². The van der Waals surface area contributed by atoms with Crippen molar-refractivity contribution < 1.29 is 18.7 Å². The van der Waals surface area contributed by atoms with Crippen LogP contribution in [0.4, 0.5) is 4.39 Å². The molecule has 24 heavy (non-hydrogen) atoms. The average molecular weight is 329 g/mol. The minimum atomic E-state index is -0.318. The van der Waals surface area contributed by atoms with Gasteiger partial charge in [0.1, 0.15) is 5.82 Å². The highest BCUT2D eigenvalue weighted by atomic mass is 19.1. The predicted molar refractivity (Wildman–Crippen MR) is 91.5 cm³/mol. The van der Waals surface area contributed by atoms with E-state index >= 15 is 0 Å². The highest BCUT2D eigenvalue weighted by Gasteiger charge is 2.09. The number of nitrogens with zero attached hydrogens (tertiary/aromatic N) is 1. The molecule has 0 N–H and O–H groups in total. The fourth-order valence-corrected chi connectivity index (χ4v) is 2.21. The molecule has 2 aromatic rings. The fourth-order valence-electron chi connectivity index (χ4n) is 2.21. The lowest BCUT2D eigenvalue weighted by Crippen LogP contribution is -2.24. The van der Waals surface area contributed by atoms with Crippen LogP contribution in [-0.2, 0) is 11.3 Å². The Bertz CT molecular complexity index is 743. The average Bonchev–Trinajstić information content (AvgIpc) is 2.61. The maximum atomic E-state index is 13.6. The summed E-state index contributed by atoms with van der Waals surface area (Å²) in [5.41, 5.74) is 1.29. The topological polar surface area (TPSA) is 38.8 Å². The van der Waals surface area contributed by atoms with Gasteiger partial charge in [0.2, 0.25) is 5.91 Å². The van der Waals surface area contributed by atoms with Crippen molar-refractivity contribution in [1.82, 2.24) is 4.90 Å². The summed E-state index contributed by atoms with van der Waals surface area (Å²) in [5, 5.41) is 0. The van der Waals surface area contributed by atoms with Gasteiger partial charge in [0, 0.05) is 25.2 Å². The van der Waals surface area contributed by atoms with Crippen LogP contribution in [0.15, 0.2) is 48.5 Å². The molecule has 2 rings (SSSR count). The number of likely N-dealkylation sites (N-methyl/N-ethyl adjacent to an activating group) is 1. The van der Waals surface area contributed by atoms with Gasteiger partial charge in [-0.15, -0.1) is 0 Å². The van der Waals surface area contributed by atoms with E-state index in [1.165, 1.54) is 17.0 Å². The molecule has 0 aliphatic carbocycles. The molecule has 5 heteroatoms. The van der Waals surface area contributed by atoms with Crippen LogP contribution in [0, 0.1) is 5.82 Å². The molecule has 0 aromatic heterocycles. The standard InChI is InChI=1S/C19H20FNO3/c1-21(13-15-6-4-5-7-16(15)20)19(22)11-9-14-8-10-17(23-2)18(12-14)24-3/h4-12H,13H2,1-3H3/b11-9+. The third-order valence-corrected chi connectivity index (χ3v) is 3.57. The zero-order chi connectivity index (χ0) is 17.5. The van der Waals surface area contributed by atoms with Gasteiger partial charge in [-0.1, -0.05) is 24.3 Å². The Morgan fingerprint density at radius 2 is 1.83 bits per heavy atom. The molecule has 0 bridgehead atoms. The second-order valence-electron chi connectivity index (χ2n) is 5.23. The molecule has 0 aliphatic rings. The fraction of sp³-hybridized carbons (Fsp3) is 0.211. The molecular weight excluding hydrogens is 309 g/mol. The van der Waals surface area contributed by atoms with Crippen molar-refractivity contribution in [3.63, 3.8) is 0 Å². The Morgan fingerprint density at radius 1 is 1.12 bits per heavy atom. The third-order valence-electron chi connectivity index (χ3n) is 3.57. The lowest BCUT2D eigenvalue weighted by atomic mass is 10.1. The molecule has 0 fully saturated rings. The first kappa shape index (κ1) is 17.5. The van der Waals surface area contributed by atoms with Crippen LogP contribution in [0.5, 0.6) is 11.5 Å². The molecule has 0 heterocycles. The van der Waals surface area contributed by atoms with Gasteiger partial charge in [0.15, 0.2) is 11.5 Å². The number of hydrogen-bond donors (Lipinski definition) is 0. The van der Waals surface area contributed by atoms with E-state index in [0.717, 1.165) is 5.56 Å². The van der Waals surface area contributed by atoms with E-state index in [-0.39, 0.29) is 18.3 Å². The summed E-state index contributed by atoms with van der Waals surface area (Å²) < 4.78 is 24.0. The van der Waals surface area contributed by atoms with E-state index in [1.807, 2.05) is 6.07 Å². The lowest BCUT2D eigenvalue weighted by Gasteiger charge is -2.15. The Kier molecular flexibility index (Phi) is 5.95. The molecule has 4 nitrogen and oxygen atoms in total. The summed E-state index contributed by atoms with van der Waals surface area (Å²) in [6, 6.07) is 11.8. The van der Waals surface area contributed by atoms with E-state index in [1.54, 1.807) is 57.7 Å². The first-order valence-corrected chi connectivity index (χ1v) is 7.43. The molecule has 126 valence electrons. The maximum Gasteiger partial charge on any atom is 0.246 e. The highest BCUT2D eigenvalue weighted by molar-refractivity contribution is 5.91. The minimum Gasteiger partial charge on any atom is -0.493 e. The van der Waals surface area contributed by atoms with Crippen molar-refractivity contribution in [3.05, 3.63) is 65.5 Å². The number of amides is 1. The minimum absolute atomic E-state index is 0.210. The Labute approximate surface area is 141 Å². The lowest BCUT2D eigenvalue weighted by molar-refractivity contribution is -0.125. The van der Waals surface area contributed by atoms with Gasteiger partial charge in [-0.25, -0.2) is 4.39 Å². The number of hydrogen-bond acceptors (Lipinski definition) is 3. The smallest absolute Gasteiger partial charge is 0.246 e. The van der Waals surface area contributed by atoms with Gasteiger partial charge >= 0.3 is 0 Å². The molecule has 0 spiro atoms. The monoisotopic (exact) mass is 329 g/mol. The molecule has 0 saturated heterocycles. The van der Waals surface area contributed by atoms with Crippen LogP contribution < -0.4 is 9.47 Å². The van der Waals surface area contributed by atoms with Crippen molar-refractivity contribution in [2.45, 2.75) is 6.54 Å². The number of carbonyl (C=O) groups is 1. The highest BCUT2D eigenvalue weighted by Crippen LogP contribution is 2.27. The van der Waals surface area contributed by atoms with Crippen LogP contribution in [-0.4, -0.2) is 32.1 Å². The summed E-state index contributed by atoms with van der Waals surface area (Å²) >= 11 is 0. The van der Waals surface area contributed by atoms with Gasteiger partial charge in [-0.05, 0) is 29.8 Å². The maximum absolute atomic E-state index is 13.6. The first-order valence-electron chi connectivity index (χ1n) is 7.43. The summed E-state index contributed by atoms with van der Waals surface area (Å²) in [4.78, 5) is 13.6. The Balaban J connectivity index is 2.05. The van der Waals surface area contributed by atoms with Crippen molar-refractivity contribution >= 4 is 12.0 Å². The van der Waals surface area contributed by atoms with Crippen molar-refractivity contribution in [2.24, 2.45) is 0 Å². The largest absolute Gasteiger partial charge is 0.493 e. The van der Waals surface area contributed by atoms with E-state index in [9.17, 15) is 9.18 Å². The second-order valence-corrected chi connectivity index (χ2v) is 5.23. The van der Waals surface area contributed by atoms with Crippen LogP contribution in [0.25, 0.3) is 6.08 Å². The van der Waals surface area contributed by atoms with E-state index in [4.69, 9.17) is 9.47 Å². The number of ether oxygens (including phenoxy) is 2. The second kappa shape index (κ2) is 8.15. The number of halogens is 1. The van der Waals surface area contributed by atoms with Gasteiger partial charge in [-0.3, -0.25) is 4.79 Å². The molecule has 0 aliphatic heterocycles. The van der Waals surface area contributed by atoms with Crippen molar-refractivity contribution in [2.75, 3.05) is 21.3 Å². The SMILES string of the molecule is COc1ccc(/C=C/C(=O)N(C)Cc2ccccc2F)cc1OC. The van der Waals surface area contributed by atoms with E-state index in [2.05, 4.69) is 0 Å². The van der Waals surface area contributed by atoms with Crippen LogP contribution >= 0.6 is 0 Å². The first-order chi connectivity index (χ1) is 11.5. The third kappa shape index (κ3) is 4.35. The molecule has 2 aromatic carbocycles. The van der Waals surface area contributed by atoms with Gasteiger partial charge in [0.25, 0.3) is 0 Å². The number of carbonyl (C=O) groups excluding carboxylic acids is 1. The number of rotatable bonds is 6. The van der Waals surface area contributed by atoms with Gasteiger partial charge in [-0.2, -0.15) is 0 Å². The van der Waals surface area contributed by atoms with Crippen molar-refractivity contribution in [3.8, 4) is 11.5 Å². The summed E-state index contributed by atoms with van der Waals surface area (Å²) in [7, 11) is 4.75. The molecule has 0 unspecified atom stereocenters. The zero-order valence-electron chi connectivity index (χ0n) is 14.0. The summed E-state index contributed by atoms with van der Waals surface area (Å²) in [5.74, 6) is 0.679. The Hall–Kier alpha value is -2.82. The van der Waals surface area contributed by atoms with E-state index in [0.29, 0.717) is 17.1 Å². The number of methoxy groups -OCH3 is 2. The Morgan fingerprint density at radius 3 is 2.50 bits per heavy atom. The predicted octanol–water partition coefficient (Wildman–Crippen LogP) is 3.51. The molecular formula is C19H20FNO3. The molecule has 0 saturated carbocycles. The van der Waals surface area contributed by atoms with Crippen LogP contribution in [0.1, 0.15) is 11.1 Å². The summed E-state index contributed by atoms with van der Waals surface area (Å²) in [6.45, 7) is 0.210. The normalized spacial score (nSPS) is 10.7. The number of benzene rings is 2. The zero-order valence-corrected chi connectivity index (χ0v) is 14.0. The quantitative estimate of drug-likeness (QED) is 0.761.